The molecule has 1 N–H and O–H groups in total. The maximum atomic E-state index is 12.7. The second kappa shape index (κ2) is 7.17. The summed E-state index contributed by atoms with van der Waals surface area (Å²) >= 11 is 3.43. The second-order valence-electron chi connectivity index (χ2n) is 6.40. The van der Waals surface area contributed by atoms with E-state index in [4.69, 9.17) is 4.42 Å². The Morgan fingerprint density at radius 2 is 1.96 bits per heavy atom. The molecular formula is C19H18BrN3O3. The summed E-state index contributed by atoms with van der Waals surface area (Å²) in [5.74, 6) is -0.376. The standard InChI is InChI=1S/C19H18BrN3O3/c20-13-6-2-1-5-12(13)19-22-16-17(25)14(11-15(24)18(16)26-19)21-7-10-23-8-3-4-9-23/h1-2,5-6,11,21H,3-4,7-10H2. The summed E-state index contributed by atoms with van der Waals surface area (Å²) in [7, 11) is 0. The van der Waals surface area contributed by atoms with E-state index in [1.165, 1.54) is 18.9 Å². The Hall–Kier alpha value is -2.25. The van der Waals surface area contributed by atoms with Gasteiger partial charge < -0.3 is 14.6 Å². The lowest BCUT2D eigenvalue weighted by Crippen LogP contribution is -2.33. The van der Waals surface area contributed by atoms with E-state index in [-0.39, 0.29) is 34.6 Å². The lowest BCUT2D eigenvalue weighted by atomic mass is 10.0. The van der Waals surface area contributed by atoms with Gasteiger partial charge in [0.1, 0.15) is 0 Å². The largest absolute Gasteiger partial charge is 0.432 e. The van der Waals surface area contributed by atoms with Crippen LogP contribution in [-0.4, -0.2) is 47.6 Å². The SMILES string of the molecule is O=C1C(NCCN2CCCC2)=CC(=O)c2oc(-c3ccccc3Br)nc21. The first-order chi connectivity index (χ1) is 12.6. The van der Waals surface area contributed by atoms with Crippen molar-refractivity contribution in [3.05, 3.63) is 52.0 Å². The number of carbonyl (C=O) groups excluding carboxylic acids is 2. The number of benzene rings is 1. The van der Waals surface area contributed by atoms with Crippen LogP contribution in [0.15, 0.2) is 44.9 Å². The van der Waals surface area contributed by atoms with Gasteiger partial charge >= 0.3 is 0 Å². The van der Waals surface area contributed by atoms with Crippen LogP contribution >= 0.6 is 15.9 Å². The van der Waals surface area contributed by atoms with Gasteiger partial charge in [-0.3, -0.25) is 9.59 Å². The molecule has 1 aliphatic carbocycles. The van der Waals surface area contributed by atoms with Gasteiger partial charge in [-0.25, -0.2) is 4.98 Å². The van der Waals surface area contributed by atoms with Crippen LogP contribution < -0.4 is 5.32 Å². The molecule has 0 amide bonds. The highest BCUT2D eigenvalue weighted by molar-refractivity contribution is 9.10. The molecule has 2 heterocycles. The van der Waals surface area contributed by atoms with Crippen LogP contribution in [0.1, 0.15) is 33.9 Å². The van der Waals surface area contributed by atoms with Gasteiger partial charge in [0.2, 0.25) is 23.2 Å². The number of carbonyl (C=O) groups is 2. The van der Waals surface area contributed by atoms with Gasteiger partial charge in [-0.15, -0.1) is 0 Å². The molecule has 6 nitrogen and oxygen atoms in total. The lowest BCUT2D eigenvalue weighted by molar-refractivity contribution is 0.0960. The van der Waals surface area contributed by atoms with Crippen LogP contribution in [0.25, 0.3) is 11.5 Å². The molecule has 2 aliphatic rings. The van der Waals surface area contributed by atoms with Gasteiger partial charge in [-0.05, 0) is 54.0 Å². The summed E-state index contributed by atoms with van der Waals surface area (Å²) in [6.45, 7) is 3.66. The molecule has 2 aromatic rings. The molecule has 1 aromatic carbocycles. The highest BCUT2D eigenvalue weighted by Crippen LogP contribution is 2.31. The molecule has 0 bridgehead atoms. The van der Waals surface area contributed by atoms with Gasteiger partial charge in [0.05, 0.1) is 11.3 Å². The number of likely N-dealkylation sites (tertiary alicyclic amines) is 1. The molecule has 0 radical (unpaired) electrons. The maximum Gasteiger partial charge on any atom is 0.231 e. The fraction of sp³-hybridized carbons (Fsp3) is 0.316. The first kappa shape index (κ1) is 17.2. The highest BCUT2D eigenvalue weighted by atomic mass is 79.9. The Balaban J connectivity index is 1.52. The summed E-state index contributed by atoms with van der Waals surface area (Å²) in [6.07, 6.45) is 3.75. The maximum absolute atomic E-state index is 12.7. The number of nitrogens with zero attached hydrogens (tertiary/aromatic N) is 2. The van der Waals surface area contributed by atoms with Crippen molar-refractivity contribution in [2.45, 2.75) is 12.8 Å². The average Bonchev–Trinajstić information content (AvgIpc) is 3.29. The van der Waals surface area contributed by atoms with E-state index in [1.54, 1.807) is 0 Å². The number of hydrogen-bond donors (Lipinski definition) is 1. The summed E-state index contributed by atoms with van der Waals surface area (Å²) in [5, 5.41) is 3.09. The van der Waals surface area contributed by atoms with E-state index in [0.29, 0.717) is 12.1 Å². The van der Waals surface area contributed by atoms with Gasteiger partial charge in [0.25, 0.3) is 0 Å². The fourth-order valence-electron chi connectivity index (χ4n) is 3.27. The van der Waals surface area contributed by atoms with E-state index < -0.39 is 0 Å². The van der Waals surface area contributed by atoms with Crippen molar-refractivity contribution >= 4 is 27.5 Å². The predicted molar refractivity (Wildman–Crippen MR) is 100 cm³/mol. The summed E-state index contributed by atoms with van der Waals surface area (Å²) in [6, 6.07) is 7.39. The molecule has 1 saturated heterocycles. The zero-order valence-electron chi connectivity index (χ0n) is 14.1. The van der Waals surface area contributed by atoms with E-state index in [9.17, 15) is 9.59 Å². The summed E-state index contributed by atoms with van der Waals surface area (Å²) in [5.41, 5.74) is 1.06. The van der Waals surface area contributed by atoms with Crippen LogP contribution in [0.2, 0.25) is 0 Å². The quantitative estimate of drug-likeness (QED) is 0.808. The molecule has 26 heavy (non-hydrogen) atoms. The van der Waals surface area contributed by atoms with Crippen molar-refractivity contribution in [3.63, 3.8) is 0 Å². The zero-order valence-corrected chi connectivity index (χ0v) is 15.7. The van der Waals surface area contributed by atoms with Gasteiger partial charge in [-0.2, -0.15) is 0 Å². The number of allylic oxidation sites excluding steroid dienone is 2. The monoisotopic (exact) mass is 415 g/mol. The van der Waals surface area contributed by atoms with Gasteiger partial charge in [-0.1, -0.05) is 12.1 Å². The minimum Gasteiger partial charge on any atom is -0.432 e. The number of halogens is 1. The van der Waals surface area contributed by atoms with E-state index in [2.05, 4.69) is 31.1 Å². The van der Waals surface area contributed by atoms with Crippen molar-refractivity contribution in [2.75, 3.05) is 26.2 Å². The number of oxazole rings is 1. The van der Waals surface area contributed by atoms with Crippen LogP contribution in [0.4, 0.5) is 0 Å². The topological polar surface area (TPSA) is 75.4 Å². The molecule has 4 rings (SSSR count). The Morgan fingerprint density at radius 3 is 2.73 bits per heavy atom. The van der Waals surface area contributed by atoms with Gasteiger partial charge in [0.15, 0.2) is 5.69 Å². The van der Waals surface area contributed by atoms with E-state index in [0.717, 1.165) is 24.1 Å². The number of fused-ring (bicyclic) bond motifs is 1. The summed E-state index contributed by atoms with van der Waals surface area (Å²) < 4.78 is 6.39. The molecule has 1 fully saturated rings. The molecule has 134 valence electrons. The minimum absolute atomic E-state index is 0.00541. The number of aromatic nitrogens is 1. The Kier molecular flexibility index (Phi) is 4.74. The summed E-state index contributed by atoms with van der Waals surface area (Å²) in [4.78, 5) is 31.7. The van der Waals surface area contributed by atoms with E-state index in [1.807, 2.05) is 24.3 Å². The third-order valence-electron chi connectivity index (χ3n) is 4.63. The molecule has 1 aliphatic heterocycles. The smallest absolute Gasteiger partial charge is 0.231 e. The van der Waals surface area contributed by atoms with Crippen LogP contribution in [0.5, 0.6) is 0 Å². The van der Waals surface area contributed by atoms with Crippen LogP contribution in [0, 0.1) is 0 Å². The Morgan fingerprint density at radius 1 is 1.19 bits per heavy atom. The number of ketones is 2. The van der Waals surface area contributed by atoms with Crippen LogP contribution in [0.3, 0.4) is 0 Å². The Bertz CT molecular complexity index is 897. The second-order valence-corrected chi connectivity index (χ2v) is 7.26. The number of rotatable bonds is 5. The van der Waals surface area contributed by atoms with Crippen molar-refractivity contribution in [1.29, 1.82) is 0 Å². The minimum atomic E-state index is -0.339. The third-order valence-corrected chi connectivity index (χ3v) is 5.32. The number of hydrogen-bond acceptors (Lipinski definition) is 6. The number of Topliss-reactive ketones (excluding diaryl/α,β-unsaturated/α-hetero) is 1. The molecule has 0 atom stereocenters. The first-order valence-electron chi connectivity index (χ1n) is 8.66. The molecule has 0 unspecified atom stereocenters. The Labute approximate surface area is 159 Å². The average molecular weight is 416 g/mol. The normalized spacial score (nSPS) is 17.3. The van der Waals surface area contributed by atoms with Crippen molar-refractivity contribution in [3.8, 4) is 11.5 Å². The highest BCUT2D eigenvalue weighted by Gasteiger charge is 2.32. The lowest BCUT2D eigenvalue weighted by Gasteiger charge is -2.17. The van der Waals surface area contributed by atoms with Crippen molar-refractivity contribution in [1.82, 2.24) is 15.2 Å². The first-order valence-corrected chi connectivity index (χ1v) is 9.45. The molecular weight excluding hydrogens is 398 g/mol. The molecule has 0 saturated carbocycles. The van der Waals surface area contributed by atoms with Crippen LogP contribution in [-0.2, 0) is 0 Å². The molecule has 0 spiro atoms. The van der Waals surface area contributed by atoms with Crippen molar-refractivity contribution < 1.29 is 14.0 Å². The van der Waals surface area contributed by atoms with Gasteiger partial charge in [0, 0.05) is 23.6 Å². The van der Waals surface area contributed by atoms with E-state index >= 15 is 0 Å². The molecule has 7 heteroatoms. The third kappa shape index (κ3) is 3.24. The van der Waals surface area contributed by atoms with Crippen molar-refractivity contribution in [2.24, 2.45) is 0 Å². The predicted octanol–water partition coefficient (Wildman–Crippen LogP) is 3.05. The fourth-order valence-corrected chi connectivity index (χ4v) is 3.72. The molecule has 1 aromatic heterocycles. The number of nitrogens with one attached hydrogen (secondary N) is 1. The zero-order chi connectivity index (χ0) is 18.1.